The second-order valence-electron chi connectivity index (χ2n) is 5.18. The molecule has 4 rings (SSSR count). The van der Waals surface area contributed by atoms with Crippen LogP contribution in [0.1, 0.15) is 9.67 Å². The van der Waals surface area contributed by atoms with Crippen molar-refractivity contribution in [3.63, 3.8) is 0 Å². The molecule has 0 aliphatic carbocycles. The summed E-state index contributed by atoms with van der Waals surface area (Å²) in [6, 6.07) is 10.7. The summed E-state index contributed by atoms with van der Waals surface area (Å²) in [5, 5.41) is 4.55. The zero-order valence-corrected chi connectivity index (χ0v) is 14.9. The SMILES string of the molecule is O=C(Nc1ccccc1Cl)c1cnc(-c2cnc3ccc(Cl)cn23)s1. The van der Waals surface area contributed by atoms with Gasteiger partial charge in [-0.15, -0.1) is 11.3 Å². The van der Waals surface area contributed by atoms with Gasteiger partial charge in [-0.05, 0) is 24.3 Å². The van der Waals surface area contributed by atoms with Crippen LogP contribution in [0.3, 0.4) is 0 Å². The number of pyridine rings is 1. The van der Waals surface area contributed by atoms with Crippen LogP contribution in [0.4, 0.5) is 5.69 Å². The van der Waals surface area contributed by atoms with Gasteiger partial charge in [0.15, 0.2) is 0 Å². The number of imidazole rings is 1. The fraction of sp³-hybridized carbons (Fsp3) is 0. The van der Waals surface area contributed by atoms with Crippen LogP contribution in [-0.4, -0.2) is 20.3 Å². The Bertz CT molecular complexity index is 1090. The molecule has 0 radical (unpaired) electrons. The second-order valence-corrected chi connectivity index (χ2v) is 7.06. The normalized spacial score (nSPS) is 11.0. The van der Waals surface area contributed by atoms with Crippen LogP contribution in [0.5, 0.6) is 0 Å². The zero-order valence-electron chi connectivity index (χ0n) is 12.6. The summed E-state index contributed by atoms with van der Waals surface area (Å²) >= 11 is 13.4. The van der Waals surface area contributed by atoms with E-state index in [-0.39, 0.29) is 5.91 Å². The average molecular weight is 389 g/mol. The minimum absolute atomic E-state index is 0.260. The number of nitrogens with zero attached hydrogens (tertiary/aromatic N) is 3. The highest BCUT2D eigenvalue weighted by Gasteiger charge is 2.15. The number of halogens is 2. The Balaban J connectivity index is 1.64. The summed E-state index contributed by atoms with van der Waals surface area (Å²) < 4.78 is 1.84. The zero-order chi connectivity index (χ0) is 17.4. The van der Waals surface area contributed by atoms with E-state index in [0.717, 1.165) is 11.3 Å². The predicted octanol–water partition coefficient (Wildman–Crippen LogP) is 5.02. The first-order valence-corrected chi connectivity index (χ1v) is 8.84. The van der Waals surface area contributed by atoms with Gasteiger partial charge in [-0.1, -0.05) is 35.3 Å². The molecule has 124 valence electrons. The van der Waals surface area contributed by atoms with E-state index in [1.807, 2.05) is 16.5 Å². The van der Waals surface area contributed by atoms with Gasteiger partial charge in [-0.2, -0.15) is 0 Å². The Morgan fingerprint density at radius 2 is 1.92 bits per heavy atom. The van der Waals surface area contributed by atoms with Crippen LogP contribution in [-0.2, 0) is 0 Å². The minimum atomic E-state index is -0.260. The Morgan fingerprint density at radius 3 is 2.76 bits per heavy atom. The first-order chi connectivity index (χ1) is 12.1. The summed E-state index contributed by atoms with van der Waals surface area (Å²) in [5.41, 5.74) is 2.10. The molecule has 1 N–H and O–H groups in total. The van der Waals surface area contributed by atoms with E-state index in [9.17, 15) is 4.79 Å². The van der Waals surface area contributed by atoms with Crippen molar-refractivity contribution in [1.82, 2.24) is 14.4 Å². The van der Waals surface area contributed by atoms with Crippen molar-refractivity contribution in [2.24, 2.45) is 0 Å². The van der Waals surface area contributed by atoms with Gasteiger partial charge < -0.3 is 5.32 Å². The van der Waals surface area contributed by atoms with Crippen LogP contribution in [0.25, 0.3) is 16.3 Å². The second kappa shape index (κ2) is 6.48. The fourth-order valence-corrected chi connectivity index (χ4v) is 3.52. The molecule has 0 atom stereocenters. The number of nitrogens with one attached hydrogen (secondary N) is 1. The maximum absolute atomic E-state index is 12.4. The molecule has 3 heterocycles. The number of hydrogen-bond donors (Lipinski definition) is 1. The average Bonchev–Trinajstić information content (AvgIpc) is 3.23. The smallest absolute Gasteiger partial charge is 0.267 e. The Kier molecular flexibility index (Phi) is 4.17. The van der Waals surface area contributed by atoms with Crippen molar-refractivity contribution in [2.75, 3.05) is 5.32 Å². The number of rotatable bonds is 3. The van der Waals surface area contributed by atoms with Gasteiger partial charge in [0.25, 0.3) is 5.91 Å². The van der Waals surface area contributed by atoms with Crippen LogP contribution >= 0.6 is 34.5 Å². The number of thiazole rings is 1. The monoisotopic (exact) mass is 388 g/mol. The van der Waals surface area contributed by atoms with Gasteiger partial charge in [0, 0.05) is 6.20 Å². The molecule has 25 heavy (non-hydrogen) atoms. The molecular weight excluding hydrogens is 379 g/mol. The molecule has 1 aromatic carbocycles. The van der Waals surface area contributed by atoms with Crippen molar-refractivity contribution in [3.8, 4) is 10.7 Å². The summed E-state index contributed by atoms with van der Waals surface area (Å²) in [4.78, 5) is 21.6. The lowest BCUT2D eigenvalue weighted by molar-refractivity contribution is 0.103. The standard InChI is InChI=1S/C17H10Cl2N4OS/c18-10-5-6-15-20-7-13(23(15)9-10)17-21-8-14(25-17)16(24)22-12-4-2-1-3-11(12)19/h1-9H,(H,22,24). The molecule has 0 saturated heterocycles. The van der Waals surface area contributed by atoms with E-state index < -0.39 is 0 Å². The number of benzene rings is 1. The lowest BCUT2D eigenvalue weighted by Crippen LogP contribution is -2.10. The number of amides is 1. The van der Waals surface area contributed by atoms with E-state index in [1.165, 1.54) is 17.5 Å². The van der Waals surface area contributed by atoms with E-state index in [4.69, 9.17) is 23.2 Å². The summed E-state index contributed by atoms with van der Waals surface area (Å²) in [6.45, 7) is 0. The molecule has 4 aromatic rings. The van der Waals surface area contributed by atoms with Crippen LogP contribution in [0.2, 0.25) is 10.0 Å². The van der Waals surface area contributed by atoms with Crippen molar-refractivity contribution in [1.29, 1.82) is 0 Å². The van der Waals surface area contributed by atoms with Crippen molar-refractivity contribution in [2.45, 2.75) is 0 Å². The number of anilines is 1. The lowest BCUT2D eigenvalue weighted by Gasteiger charge is -2.04. The third kappa shape index (κ3) is 3.11. The van der Waals surface area contributed by atoms with Gasteiger partial charge in [0.2, 0.25) is 0 Å². The van der Waals surface area contributed by atoms with Gasteiger partial charge in [-0.25, -0.2) is 9.97 Å². The summed E-state index contributed by atoms with van der Waals surface area (Å²) in [5.74, 6) is -0.260. The topological polar surface area (TPSA) is 59.3 Å². The van der Waals surface area contributed by atoms with Crippen LogP contribution in [0.15, 0.2) is 55.0 Å². The molecule has 8 heteroatoms. The van der Waals surface area contributed by atoms with E-state index >= 15 is 0 Å². The Hall–Kier alpha value is -2.41. The summed E-state index contributed by atoms with van der Waals surface area (Å²) in [7, 11) is 0. The highest BCUT2D eigenvalue weighted by atomic mass is 35.5. The quantitative estimate of drug-likeness (QED) is 0.536. The summed E-state index contributed by atoms with van der Waals surface area (Å²) in [6.07, 6.45) is 5.01. The highest BCUT2D eigenvalue weighted by molar-refractivity contribution is 7.17. The van der Waals surface area contributed by atoms with Crippen LogP contribution in [0, 0.1) is 0 Å². The molecule has 1 amide bonds. The van der Waals surface area contributed by atoms with Gasteiger partial charge in [0.1, 0.15) is 21.2 Å². The molecule has 0 saturated carbocycles. The molecule has 0 aliphatic heterocycles. The van der Waals surface area contributed by atoms with Crippen molar-refractivity contribution < 1.29 is 4.79 Å². The highest BCUT2D eigenvalue weighted by Crippen LogP contribution is 2.28. The predicted molar refractivity (Wildman–Crippen MR) is 101 cm³/mol. The van der Waals surface area contributed by atoms with Crippen molar-refractivity contribution in [3.05, 3.63) is 69.9 Å². The minimum Gasteiger partial charge on any atom is -0.320 e. The van der Waals surface area contributed by atoms with Gasteiger partial charge in [-0.3, -0.25) is 9.20 Å². The van der Waals surface area contributed by atoms with Crippen LogP contribution < -0.4 is 5.32 Å². The molecule has 3 aromatic heterocycles. The molecular formula is C17H10Cl2N4OS. The molecule has 0 spiro atoms. The number of carbonyl (C=O) groups is 1. The van der Waals surface area contributed by atoms with Crippen molar-refractivity contribution >= 4 is 51.8 Å². The number of fused-ring (bicyclic) bond motifs is 1. The number of para-hydroxylation sites is 1. The molecule has 5 nitrogen and oxygen atoms in total. The lowest BCUT2D eigenvalue weighted by atomic mass is 10.3. The van der Waals surface area contributed by atoms with E-state index in [2.05, 4.69) is 15.3 Å². The van der Waals surface area contributed by atoms with E-state index in [0.29, 0.717) is 25.6 Å². The number of carbonyl (C=O) groups excluding carboxylic acids is 1. The first-order valence-electron chi connectivity index (χ1n) is 7.26. The third-order valence-electron chi connectivity index (χ3n) is 3.54. The van der Waals surface area contributed by atoms with Gasteiger partial charge >= 0.3 is 0 Å². The maximum Gasteiger partial charge on any atom is 0.267 e. The first kappa shape index (κ1) is 16.1. The number of hydrogen-bond acceptors (Lipinski definition) is 4. The Morgan fingerprint density at radius 1 is 1.08 bits per heavy atom. The largest absolute Gasteiger partial charge is 0.320 e. The van der Waals surface area contributed by atoms with Gasteiger partial charge in [0.05, 0.1) is 28.1 Å². The molecule has 0 aliphatic rings. The number of aromatic nitrogens is 3. The Labute approximate surface area is 156 Å². The molecule has 0 bridgehead atoms. The molecule has 0 unspecified atom stereocenters. The fourth-order valence-electron chi connectivity index (χ4n) is 2.36. The third-order valence-corrected chi connectivity index (χ3v) is 5.11. The van der Waals surface area contributed by atoms with E-state index in [1.54, 1.807) is 36.7 Å². The molecule has 0 fully saturated rings. The maximum atomic E-state index is 12.4.